The molecule has 0 saturated carbocycles. The Balaban J connectivity index is 2.11. The predicted octanol–water partition coefficient (Wildman–Crippen LogP) is 1.73. The summed E-state index contributed by atoms with van der Waals surface area (Å²) in [4.78, 5) is 19.5. The van der Waals surface area contributed by atoms with E-state index < -0.39 is 0 Å². The highest BCUT2D eigenvalue weighted by Gasteiger charge is 2.14. The summed E-state index contributed by atoms with van der Waals surface area (Å²) in [5, 5.41) is 9.19. The third kappa shape index (κ3) is 1.79. The first kappa shape index (κ1) is 12.3. The zero-order valence-electron chi connectivity index (χ0n) is 10.9. The lowest BCUT2D eigenvalue weighted by Gasteiger charge is -2.00. The summed E-state index contributed by atoms with van der Waals surface area (Å²) < 4.78 is 3.75. The first-order valence-electron chi connectivity index (χ1n) is 6.20. The molecule has 0 unspecified atom stereocenters. The fourth-order valence-corrected chi connectivity index (χ4v) is 2.75. The second-order valence-electron chi connectivity index (χ2n) is 4.67. The molecule has 0 saturated heterocycles. The van der Waals surface area contributed by atoms with Crippen molar-refractivity contribution in [2.75, 3.05) is 0 Å². The number of aromatic nitrogens is 6. The van der Waals surface area contributed by atoms with Gasteiger partial charge in [-0.25, -0.2) is 9.78 Å². The minimum absolute atomic E-state index is 0.327. The molecule has 4 aromatic rings. The van der Waals surface area contributed by atoms with Gasteiger partial charge in [0.2, 0.25) is 0 Å². The molecule has 0 spiro atoms. The van der Waals surface area contributed by atoms with Gasteiger partial charge in [0, 0.05) is 23.1 Å². The molecule has 3 aromatic heterocycles. The van der Waals surface area contributed by atoms with E-state index in [1.165, 1.54) is 4.52 Å². The summed E-state index contributed by atoms with van der Waals surface area (Å²) in [7, 11) is 1.82. The molecule has 3 heterocycles. The average Bonchev–Trinajstić information content (AvgIpc) is 3.07. The number of nitrogens with one attached hydrogen (secondary N) is 1. The molecule has 21 heavy (non-hydrogen) atoms. The van der Waals surface area contributed by atoms with Crippen molar-refractivity contribution < 1.29 is 0 Å². The van der Waals surface area contributed by atoms with E-state index in [4.69, 9.17) is 0 Å². The molecule has 0 radical (unpaired) electrons. The van der Waals surface area contributed by atoms with Crippen molar-refractivity contribution in [3.05, 3.63) is 45.5 Å². The number of hydrogen-bond acceptors (Lipinski definition) is 4. The Hall–Kier alpha value is -2.48. The number of nitrogens with zero attached hydrogens (tertiary/aromatic N) is 5. The Kier molecular flexibility index (Phi) is 2.49. The van der Waals surface area contributed by atoms with Crippen LogP contribution in [0.1, 0.15) is 0 Å². The molecule has 0 aliphatic heterocycles. The van der Waals surface area contributed by atoms with Crippen LogP contribution < -0.4 is 5.69 Å². The van der Waals surface area contributed by atoms with Crippen LogP contribution in [0.5, 0.6) is 0 Å². The molecule has 0 amide bonds. The topological polar surface area (TPSA) is 80.9 Å². The molecule has 0 aliphatic carbocycles. The van der Waals surface area contributed by atoms with Gasteiger partial charge in [-0.05, 0) is 28.1 Å². The van der Waals surface area contributed by atoms with Crippen LogP contribution in [0.4, 0.5) is 0 Å². The van der Waals surface area contributed by atoms with Crippen molar-refractivity contribution in [2.24, 2.45) is 7.05 Å². The first-order chi connectivity index (χ1) is 10.1. The number of benzene rings is 1. The van der Waals surface area contributed by atoms with Crippen LogP contribution in [-0.4, -0.2) is 29.4 Å². The second-order valence-corrected chi connectivity index (χ2v) is 5.52. The molecule has 0 atom stereocenters. The quantitative estimate of drug-likeness (QED) is 0.570. The van der Waals surface area contributed by atoms with Crippen LogP contribution >= 0.6 is 15.9 Å². The molecular weight excluding hydrogens is 336 g/mol. The molecule has 8 heteroatoms. The number of rotatable bonds is 1. The third-order valence-corrected chi connectivity index (χ3v) is 3.91. The van der Waals surface area contributed by atoms with E-state index in [9.17, 15) is 4.79 Å². The number of para-hydroxylation sites is 1. The summed E-state index contributed by atoms with van der Waals surface area (Å²) in [5.41, 5.74) is 1.67. The van der Waals surface area contributed by atoms with Gasteiger partial charge in [0.05, 0.1) is 17.3 Å². The molecule has 1 aromatic carbocycles. The van der Waals surface area contributed by atoms with Gasteiger partial charge in [-0.3, -0.25) is 4.68 Å². The maximum atomic E-state index is 12.2. The molecule has 0 aliphatic rings. The van der Waals surface area contributed by atoms with Crippen molar-refractivity contribution in [3.63, 3.8) is 0 Å². The number of fused-ring (bicyclic) bond motifs is 3. The second kappa shape index (κ2) is 4.26. The van der Waals surface area contributed by atoms with Gasteiger partial charge < -0.3 is 4.98 Å². The summed E-state index contributed by atoms with van der Waals surface area (Å²) >= 11 is 3.43. The molecular formula is C13H9BrN6O. The van der Waals surface area contributed by atoms with Crippen LogP contribution in [0.3, 0.4) is 0 Å². The first-order valence-corrected chi connectivity index (χ1v) is 6.99. The molecule has 7 nitrogen and oxygen atoms in total. The maximum absolute atomic E-state index is 12.2. The van der Waals surface area contributed by atoms with Gasteiger partial charge in [-0.2, -0.15) is 9.61 Å². The van der Waals surface area contributed by atoms with Crippen molar-refractivity contribution in [1.82, 2.24) is 29.4 Å². The lowest BCUT2D eigenvalue weighted by Crippen LogP contribution is -2.17. The zero-order chi connectivity index (χ0) is 14.6. The van der Waals surface area contributed by atoms with E-state index in [1.54, 1.807) is 17.1 Å². The Bertz CT molecular complexity index is 1040. The normalized spacial score (nSPS) is 11.5. The number of aromatic amines is 1. The standard InChI is InChI=1S/C13H9BrN6O/c1-19-6-7(5-15-19)11-17-12-8-3-2-4-9(14)10(8)16-13(21)20(12)18-11/h2-6H,1H3,(H,16,21). The highest BCUT2D eigenvalue weighted by Crippen LogP contribution is 2.24. The van der Waals surface area contributed by atoms with Crippen LogP contribution in [0.25, 0.3) is 27.9 Å². The Morgan fingerprint density at radius 3 is 2.95 bits per heavy atom. The van der Waals surface area contributed by atoms with Crippen molar-refractivity contribution in [3.8, 4) is 11.4 Å². The predicted molar refractivity (Wildman–Crippen MR) is 81.0 cm³/mol. The third-order valence-electron chi connectivity index (χ3n) is 3.25. The lowest BCUT2D eigenvalue weighted by molar-refractivity contribution is 0.768. The molecule has 0 fully saturated rings. The highest BCUT2D eigenvalue weighted by atomic mass is 79.9. The Labute approximate surface area is 126 Å². The van der Waals surface area contributed by atoms with E-state index in [2.05, 4.69) is 36.1 Å². The smallest absolute Gasteiger partial charge is 0.304 e. The molecule has 0 bridgehead atoms. The number of hydrogen-bond donors (Lipinski definition) is 1. The van der Waals surface area contributed by atoms with Crippen LogP contribution in [0.2, 0.25) is 0 Å². The molecule has 4 rings (SSSR count). The van der Waals surface area contributed by atoms with E-state index in [0.29, 0.717) is 17.0 Å². The maximum Gasteiger partial charge on any atom is 0.348 e. The van der Waals surface area contributed by atoms with Gasteiger partial charge in [-0.15, -0.1) is 5.10 Å². The molecule has 104 valence electrons. The Morgan fingerprint density at radius 1 is 1.33 bits per heavy atom. The van der Waals surface area contributed by atoms with Gasteiger partial charge >= 0.3 is 5.69 Å². The van der Waals surface area contributed by atoms with Gasteiger partial charge in [0.15, 0.2) is 11.5 Å². The monoisotopic (exact) mass is 344 g/mol. The lowest BCUT2D eigenvalue weighted by atomic mass is 10.2. The summed E-state index contributed by atoms with van der Waals surface area (Å²) in [6.07, 6.45) is 3.47. The average molecular weight is 345 g/mol. The van der Waals surface area contributed by atoms with Crippen LogP contribution in [-0.2, 0) is 7.05 Å². The molecule has 1 N–H and O–H groups in total. The summed E-state index contributed by atoms with van der Waals surface area (Å²) in [6, 6.07) is 5.66. The van der Waals surface area contributed by atoms with Crippen molar-refractivity contribution in [2.45, 2.75) is 0 Å². The minimum atomic E-state index is -0.327. The van der Waals surface area contributed by atoms with E-state index >= 15 is 0 Å². The van der Waals surface area contributed by atoms with E-state index in [0.717, 1.165) is 15.4 Å². The van der Waals surface area contributed by atoms with Crippen molar-refractivity contribution in [1.29, 1.82) is 0 Å². The summed E-state index contributed by atoms with van der Waals surface area (Å²) in [5.74, 6) is 0.473. The van der Waals surface area contributed by atoms with E-state index in [-0.39, 0.29) is 5.69 Å². The fourth-order valence-electron chi connectivity index (χ4n) is 2.28. The van der Waals surface area contributed by atoms with Gasteiger partial charge in [-0.1, -0.05) is 6.07 Å². The van der Waals surface area contributed by atoms with E-state index in [1.807, 2.05) is 25.2 Å². The van der Waals surface area contributed by atoms with Gasteiger partial charge in [0.25, 0.3) is 0 Å². The largest absolute Gasteiger partial charge is 0.348 e. The number of halogens is 1. The van der Waals surface area contributed by atoms with Crippen LogP contribution in [0.15, 0.2) is 39.9 Å². The van der Waals surface area contributed by atoms with Gasteiger partial charge in [0.1, 0.15) is 0 Å². The Morgan fingerprint density at radius 2 is 2.19 bits per heavy atom. The number of aryl methyl sites for hydroxylation is 1. The van der Waals surface area contributed by atoms with Crippen LogP contribution in [0, 0.1) is 0 Å². The minimum Gasteiger partial charge on any atom is -0.304 e. The van der Waals surface area contributed by atoms with Crippen molar-refractivity contribution >= 4 is 32.5 Å². The SMILES string of the molecule is Cn1cc(-c2nc3c4cccc(Br)c4[nH]c(=O)n3n2)cn1. The fraction of sp³-hybridized carbons (Fsp3) is 0.0769. The summed E-state index contributed by atoms with van der Waals surface area (Å²) in [6.45, 7) is 0. The zero-order valence-corrected chi connectivity index (χ0v) is 12.5. The number of H-pyrrole nitrogens is 1. The highest BCUT2D eigenvalue weighted by molar-refractivity contribution is 9.10.